The fraction of sp³-hybridized carbons (Fsp3) is 0.417. The zero-order valence-corrected chi connectivity index (χ0v) is 18.7. The number of hydrogen-bond donors (Lipinski definition) is 2. The smallest absolute Gasteiger partial charge is 0.248 e. The molecule has 2 amide bonds. The maximum atomic E-state index is 12.5. The van der Waals surface area contributed by atoms with Crippen molar-refractivity contribution in [2.45, 2.75) is 26.8 Å². The molecule has 0 saturated carbocycles. The topological polar surface area (TPSA) is 81.9 Å². The third-order valence-electron chi connectivity index (χ3n) is 5.70. The first-order valence-corrected chi connectivity index (χ1v) is 10.9. The summed E-state index contributed by atoms with van der Waals surface area (Å²) in [5, 5.41) is 3.01. The Balaban J connectivity index is 1.47. The van der Waals surface area contributed by atoms with Gasteiger partial charge in [0.25, 0.3) is 0 Å². The summed E-state index contributed by atoms with van der Waals surface area (Å²) in [4.78, 5) is 30.4. The molecule has 0 atom stereocenters. The van der Waals surface area contributed by atoms with E-state index in [1.807, 2.05) is 24.3 Å². The van der Waals surface area contributed by atoms with Crippen LogP contribution in [0.15, 0.2) is 48.5 Å². The molecular weight excluding hydrogens is 390 g/mol. The lowest BCUT2D eigenvalue weighted by molar-refractivity contribution is -0.117. The quantitative estimate of drug-likeness (QED) is 0.682. The van der Waals surface area contributed by atoms with Gasteiger partial charge in [0, 0.05) is 61.4 Å². The van der Waals surface area contributed by atoms with Crippen LogP contribution in [-0.4, -0.2) is 62.0 Å². The molecule has 1 saturated heterocycles. The average molecular weight is 424 g/mol. The van der Waals surface area contributed by atoms with Crippen molar-refractivity contribution in [2.75, 3.05) is 54.4 Å². The Kier molecular flexibility index (Phi) is 7.52. The van der Waals surface area contributed by atoms with Crippen LogP contribution in [-0.2, 0) is 4.79 Å². The van der Waals surface area contributed by atoms with Crippen LogP contribution < -0.4 is 20.9 Å². The SMILES string of the molecule is CCN(c1ccc(NC(=O)CN2CCN(c3ccc(C(N)=O)cc3)CC2)cc1)C(C)C. The van der Waals surface area contributed by atoms with Gasteiger partial charge in [-0.05, 0) is 69.3 Å². The Labute approximate surface area is 184 Å². The van der Waals surface area contributed by atoms with Crippen LogP contribution in [0.4, 0.5) is 17.1 Å². The summed E-state index contributed by atoms with van der Waals surface area (Å²) in [6, 6.07) is 15.8. The van der Waals surface area contributed by atoms with Crippen molar-refractivity contribution in [3.05, 3.63) is 54.1 Å². The summed E-state index contributed by atoms with van der Waals surface area (Å²) in [6.07, 6.45) is 0. The number of amides is 2. The van der Waals surface area contributed by atoms with Crippen LogP contribution in [0.5, 0.6) is 0 Å². The van der Waals surface area contributed by atoms with Gasteiger partial charge in [-0.15, -0.1) is 0 Å². The lowest BCUT2D eigenvalue weighted by Gasteiger charge is -2.35. The lowest BCUT2D eigenvalue weighted by atomic mass is 10.1. The van der Waals surface area contributed by atoms with E-state index in [1.165, 1.54) is 0 Å². The number of carbonyl (C=O) groups excluding carboxylic acids is 2. The zero-order chi connectivity index (χ0) is 22.4. The van der Waals surface area contributed by atoms with E-state index in [0.717, 1.165) is 49.8 Å². The molecule has 1 fully saturated rings. The van der Waals surface area contributed by atoms with E-state index in [-0.39, 0.29) is 5.91 Å². The molecule has 0 aliphatic carbocycles. The zero-order valence-electron chi connectivity index (χ0n) is 18.7. The summed E-state index contributed by atoms with van der Waals surface area (Å²) >= 11 is 0. The molecule has 1 aliphatic rings. The predicted octanol–water partition coefficient (Wildman–Crippen LogP) is 2.78. The number of benzene rings is 2. The average Bonchev–Trinajstić information content (AvgIpc) is 2.76. The van der Waals surface area contributed by atoms with Gasteiger partial charge in [-0.1, -0.05) is 0 Å². The third kappa shape index (κ3) is 5.98. The summed E-state index contributed by atoms with van der Waals surface area (Å²) < 4.78 is 0. The van der Waals surface area contributed by atoms with E-state index >= 15 is 0 Å². The normalized spacial score (nSPS) is 14.5. The van der Waals surface area contributed by atoms with Crippen LogP contribution >= 0.6 is 0 Å². The minimum absolute atomic E-state index is 0.00298. The predicted molar refractivity (Wildman–Crippen MR) is 127 cm³/mol. The maximum Gasteiger partial charge on any atom is 0.248 e. The van der Waals surface area contributed by atoms with Crippen molar-refractivity contribution >= 4 is 28.9 Å². The third-order valence-corrected chi connectivity index (χ3v) is 5.70. The molecule has 3 N–H and O–H groups in total. The van der Waals surface area contributed by atoms with Crippen LogP contribution in [0.3, 0.4) is 0 Å². The molecule has 0 bridgehead atoms. The molecule has 7 nitrogen and oxygen atoms in total. The van der Waals surface area contributed by atoms with E-state index < -0.39 is 5.91 Å². The van der Waals surface area contributed by atoms with Crippen LogP contribution in [0.25, 0.3) is 0 Å². The number of primary amides is 1. The Morgan fingerprint density at radius 2 is 1.61 bits per heavy atom. The number of hydrogen-bond acceptors (Lipinski definition) is 5. The molecule has 0 radical (unpaired) electrons. The molecule has 31 heavy (non-hydrogen) atoms. The highest BCUT2D eigenvalue weighted by Crippen LogP contribution is 2.20. The van der Waals surface area contributed by atoms with Gasteiger partial charge >= 0.3 is 0 Å². The largest absolute Gasteiger partial charge is 0.369 e. The number of rotatable bonds is 8. The highest BCUT2D eigenvalue weighted by Gasteiger charge is 2.19. The molecule has 2 aromatic rings. The number of nitrogens with zero attached hydrogens (tertiary/aromatic N) is 3. The lowest BCUT2D eigenvalue weighted by Crippen LogP contribution is -2.48. The van der Waals surface area contributed by atoms with Crippen molar-refractivity contribution in [3.63, 3.8) is 0 Å². The van der Waals surface area contributed by atoms with Gasteiger partial charge in [0.05, 0.1) is 6.54 Å². The number of nitrogens with two attached hydrogens (primary N) is 1. The number of piperazine rings is 1. The second-order valence-electron chi connectivity index (χ2n) is 8.15. The van der Waals surface area contributed by atoms with Crippen molar-refractivity contribution in [1.29, 1.82) is 0 Å². The molecule has 0 aromatic heterocycles. The first kappa shape index (κ1) is 22.6. The van der Waals surface area contributed by atoms with E-state index in [2.05, 4.69) is 52.9 Å². The standard InChI is InChI=1S/C24H33N5O2/c1-4-29(18(2)3)22-11-7-20(8-12-22)26-23(30)17-27-13-15-28(16-14-27)21-9-5-19(6-10-21)24(25)31/h5-12,18H,4,13-17H2,1-3H3,(H2,25,31)(H,26,30). The van der Waals surface area contributed by atoms with Crippen LogP contribution in [0, 0.1) is 0 Å². The van der Waals surface area contributed by atoms with Crippen molar-refractivity contribution in [3.8, 4) is 0 Å². The number of anilines is 3. The van der Waals surface area contributed by atoms with Gasteiger partial charge in [-0.3, -0.25) is 14.5 Å². The van der Waals surface area contributed by atoms with E-state index in [0.29, 0.717) is 18.2 Å². The minimum atomic E-state index is -0.417. The first-order valence-electron chi connectivity index (χ1n) is 10.9. The van der Waals surface area contributed by atoms with Crippen molar-refractivity contribution in [1.82, 2.24) is 4.90 Å². The second-order valence-corrected chi connectivity index (χ2v) is 8.15. The second kappa shape index (κ2) is 10.3. The minimum Gasteiger partial charge on any atom is -0.369 e. The molecule has 2 aromatic carbocycles. The Morgan fingerprint density at radius 1 is 1.00 bits per heavy atom. The Bertz CT molecular complexity index is 872. The maximum absolute atomic E-state index is 12.5. The first-order chi connectivity index (χ1) is 14.9. The van der Waals surface area contributed by atoms with Crippen LogP contribution in [0.1, 0.15) is 31.1 Å². The van der Waals surface area contributed by atoms with Gasteiger partial charge in [0.1, 0.15) is 0 Å². The molecule has 3 rings (SSSR count). The van der Waals surface area contributed by atoms with E-state index in [9.17, 15) is 9.59 Å². The van der Waals surface area contributed by atoms with Crippen LogP contribution in [0.2, 0.25) is 0 Å². The van der Waals surface area contributed by atoms with Gasteiger partial charge in [0.15, 0.2) is 0 Å². The highest BCUT2D eigenvalue weighted by molar-refractivity contribution is 5.93. The summed E-state index contributed by atoms with van der Waals surface area (Å²) in [6.45, 7) is 11.1. The molecule has 7 heteroatoms. The Hall–Kier alpha value is -3.06. The summed E-state index contributed by atoms with van der Waals surface area (Å²) in [5.41, 5.74) is 8.86. The molecule has 1 heterocycles. The molecule has 0 spiro atoms. The monoisotopic (exact) mass is 423 g/mol. The Morgan fingerprint density at radius 3 is 2.13 bits per heavy atom. The van der Waals surface area contributed by atoms with Gasteiger partial charge in [-0.2, -0.15) is 0 Å². The van der Waals surface area contributed by atoms with Gasteiger partial charge in [-0.25, -0.2) is 0 Å². The fourth-order valence-corrected chi connectivity index (χ4v) is 3.99. The molecule has 0 unspecified atom stereocenters. The molecular formula is C24H33N5O2. The van der Waals surface area contributed by atoms with E-state index in [1.54, 1.807) is 12.1 Å². The highest BCUT2D eigenvalue weighted by atomic mass is 16.2. The summed E-state index contributed by atoms with van der Waals surface area (Å²) in [7, 11) is 0. The summed E-state index contributed by atoms with van der Waals surface area (Å²) in [5.74, 6) is -0.414. The fourth-order valence-electron chi connectivity index (χ4n) is 3.99. The van der Waals surface area contributed by atoms with E-state index in [4.69, 9.17) is 5.73 Å². The number of nitrogens with one attached hydrogen (secondary N) is 1. The van der Waals surface area contributed by atoms with Crippen molar-refractivity contribution < 1.29 is 9.59 Å². The molecule has 166 valence electrons. The van der Waals surface area contributed by atoms with Gasteiger partial charge < -0.3 is 20.9 Å². The van der Waals surface area contributed by atoms with Crippen molar-refractivity contribution in [2.24, 2.45) is 5.73 Å². The number of carbonyl (C=O) groups is 2. The molecule has 1 aliphatic heterocycles. The van der Waals surface area contributed by atoms with Gasteiger partial charge in [0.2, 0.25) is 11.8 Å².